The third kappa shape index (κ3) is 7.22. The van der Waals surface area contributed by atoms with Crippen LogP contribution in [0.15, 0.2) is 54.6 Å². The number of carbonyl (C=O) groups is 2. The average Bonchev–Trinajstić information content (AvgIpc) is 2.64. The van der Waals surface area contributed by atoms with Gasteiger partial charge < -0.3 is 14.9 Å². The summed E-state index contributed by atoms with van der Waals surface area (Å²) in [7, 11) is 0. The lowest BCUT2D eigenvalue weighted by molar-refractivity contribution is -0.131. The molecule has 6 nitrogen and oxygen atoms in total. The van der Waals surface area contributed by atoms with Gasteiger partial charge in [-0.2, -0.15) is 0 Å². The number of hydrogen-bond acceptors (Lipinski definition) is 4. The molecule has 148 valence electrons. The van der Waals surface area contributed by atoms with Crippen molar-refractivity contribution in [1.82, 2.24) is 0 Å². The molecule has 28 heavy (non-hydrogen) atoms. The minimum atomic E-state index is -1.000. The standard InChI is InChI=1S/C21H22INO5/c1-14-7-10-16(11-8-14)23-21(27)28-19(5-3-2-4-6-20(25)26)17-13-15(22)9-12-18(17)24/h4,6-13,19,24H,2-3,5H2,1H3,(H,23,27)(H,25,26)/b6-4+/t19-/m0/s1. The topological polar surface area (TPSA) is 95.9 Å². The number of allylic oxidation sites excluding steroid dienone is 1. The van der Waals surface area contributed by atoms with Crippen LogP contribution in [0.1, 0.15) is 36.5 Å². The van der Waals surface area contributed by atoms with Crippen LogP contribution in [-0.2, 0) is 9.53 Å². The SMILES string of the molecule is Cc1ccc(NC(=O)O[C@@H](CCC/C=C/C(=O)O)c2cc(I)ccc2O)cc1. The highest BCUT2D eigenvalue weighted by atomic mass is 127. The maximum absolute atomic E-state index is 12.3. The Bertz CT molecular complexity index is 848. The minimum Gasteiger partial charge on any atom is -0.508 e. The number of ether oxygens (including phenoxy) is 1. The van der Waals surface area contributed by atoms with Gasteiger partial charge in [0.05, 0.1) is 0 Å². The zero-order valence-corrected chi connectivity index (χ0v) is 17.5. The van der Waals surface area contributed by atoms with Crippen molar-refractivity contribution in [3.05, 3.63) is 69.3 Å². The number of rotatable bonds is 8. The lowest BCUT2D eigenvalue weighted by Crippen LogP contribution is -2.18. The zero-order valence-electron chi connectivity index (χ0n) is 15.4. The molecule has 0 heterocycles. The molecule has 0 bridgehead atoms. The van der Waals surface area contributed by atoms with Gasteiger partial charge in [0.15, 0.2) is 0 Å². The highest BCUT2D eigenvalue weighted by molar-refractivity contribution is 14.1. The molecule has 0 aliphatic rings. The number of phenols is 1. The third-order valence-electron chi connectivity index (χ3n) is 3.98. The lowest BCUT2D eigenvalue weighted by atomic mass is 10.0. The molecule has 0 unspecified atom stereocenters. The number of benzene rings is 2. The van der Waals surface area contributed by atoms with Crippen molar-refractivity contribution in [3.8, 4) is 5.75 Å². The summed E-state index contributed by atoms with van der Waals surface area (Å²) in [6.07, 6.45) is 2.93. The van der Waals surface area contributed by atoms with Gasteiger partial charge in [-0.15, -0.1) is 0 Å². The quantitative estimate of drug-likeness (QED) is 0.259. The van der Waals surface area contributed by atoms with Gasteiger partial charge in [-0.1, -0.05) is 23.8 Å². The highest BCUT2D eigenvalue weighted by Crippen LogP contribution is 2.32. The first kappa shape index (κ1) is 21.7. The average molecular weight is 495 g/mol. The Morgan fingerprint density at radius 1 is 1.21 bits per heavy atom. The molecule has 1 atom stereocenters. The number of aromatic hydroxyl groups is 1. The summed E-state index contributed by atoms with van der Waals surface area (Å²) in [6, 6.07) is 12.4. The van der Waals surface area contributed by atoms with Gasteiger partial charge in [-0.25, -0.2) is 9.59 Å². The van der Waals surface area contributed by atoms with Crippen LogP contribution < -0.4 is 5.32 Å². The molecule has 2 aromatic rings. The van der Waals surface area contributed by atoms with Crippen molar-refractivity contribution in [2.45, 2.75) is 32.3 Å². The second-order valence-electron chi connectivity index (χ2n) is 6.26. The van der Waals surface area contributed by atoms with Crippen LogP contribution in [0.2, 0.25) is 0 Å². The van der Waals surface area contributed by atoms with Crippen molar-refractivity contribution >= 4 is 40.3 Å². The molecule has 0 saturated carbocycles. The maximum atomic E-state index is 12.3. The van der Waals surface area contributed by atoms with Gasteiger partial charge in [0.2, 0.25) is 0 Å². The lowest BCUT2D eigenvalue weighted by Gasteiger charge is -2.20. The highest BCUT2D eigenvalue weighted by Gasteiger charge is 2.20. The number of hydrogen-bond donors (Lipinski definition) is 3. The third-order valence-corrected chi connectivity index (χ3v) is 4.65. The predicted octanol–water partition coefficient (Wildman–Crippen LogP) is 5.41. The van der Waals surface area contributed by atoms with Gasteiger partial charge in [0.1, 0.15) is 11.9 Å². The molecule has 0 aromatic heterocycles. The van der Waals surface area contributed by atoms with Gasteiger partial charge in [-0.3, -0.25) is 5.32 Å². The molecule has 7 heteroatoms. The molecule has 2 aromatic carbocycles. The Morgan fingerprint density at radius 2 is 1.93 bits per heavy atom. The predicted molar refractivity (Wildman–Crippen MR) is 115 cm³/mol. The second-order valence-corrected chi connectivity index (χ2v) is 7.51. The first-order valence-electron chi connectivity index (χ1n) is 8.77. The largest absolute Gasteiger partial charge is 0.508 e. The summed E-state index contributed by atoms with van der Waals surface area (Å²) in [5.74, 6) is -0.949. The molecule has 1 amide bonds. The van der Waals surface area contributed by atoms with Crippen LogP contribution in [-0.4, -0.2) is 22.3 Å². The Labute approximate surface area is 177 Å². The molecule has 0 aliphatic heterocycles. The number of carbonyl (C=O) groups excluding carboxylic acids is 1. The Hall–Kier alpha value is -2.55. The van der Waals surface area contributed by atoms with E-state index in [1.807, 2.05) is 19.1 Å². The zero-order chi connectivity index (χ0) is 20.5. The van der Waals surface area contributed by atoms with E-state index in [-0.39, 0.29) is 5.75 Å². The van der Waals surface area contributed by atoms with Crippen molar-refractivity contribution in [1.29, 1.82) is 0 Å². The van der Waals surface area contributed by atoms with Crippen LogP contribution >= 0.6 is 22.6 Å². The van der Waals surface area contributed by atoms with Crippen molar-refractivity contribution in [3.63, 3.8) is 0 Å². The summed E-state index contributed by atoms with van der Waals surface area (Å²) in [6.45, 7) is 1.96. The molecule has 3 N–H and O–H groups in total. The van der Waals surface area contributed by atoms with Crippen molar-refractivity contribution in [2.24, 2.45) is 0 Å². The summed E-state index contributed by atoms with van der Waals surface area (Å²) in [4.78, 5) is 22.9. The molecule has 0 radical (unpaired) electrons. The molecule has 0 spiro atoms. The van der Waals surface area contributed by atoms with E-state index in [0.717, 1.165) is 15.2 Å². The number of unbranched alkanes of at least 4 members (excludes halogenated alkanes) is 1. The van der Waals surface area contributed by atoms with Crippen LogP contribution in [0.25, 0.3) is 0 Å². The number of phenolic OH excluding ortho intramolecular Hbond substituents is 1. The van der Waals surface area contributed by atoms with Crippen LogP contribution in [0.5, 0.6) is 5.75 Å². The number of aliphatic carboxylic acids is 1. The van der Waals surface area contributed by atoms with Gasteiger partial charge in [0.25, 0.3) is 0 Å². The maximum Gasteiger partial charge on any atom is 0.412 e. The van der Waals surface area contributed by atoms with Gasteiger partial charge in [-0.05, 0) is 79.1 Å². The van der Waals surface area contributed by atoms with Crippen LogP contribution in [0.4, 0.5) is 10.5 Å². The Kier molecular flexibility index (Phi) is 8.31. The normalized spacial score (nSPS) is 11.9. The number of aryl methyl sites for hydroxylation is 1. The fourth-order valence-corrected chi connectivity index (χ4v) is 3.10. The fraction of sp³-hybridized carbons (Fsp3) is 0.238. The number of amides is 1. The van der Waals surface area contributed by atoms with Crippen molar-refractivity contribution < 1.29 is 24.5 Å². The van der Waals surface area contributed by atoms with E-state index in [9.17, 15) is 14.7 Å². The minimum absolute atomic E-state index is 0.0506. The molecule has 0 fully saturated rings. The molecular formula is C21H22INO5. The van der Waals surface area contributed by atoms with E-state index in [1.165, 1.54) is 0 Å². The summed E-state index contributed by atoms with van der Waals surface area (Å²) in [5.41, 5.74) is 2.22. The number of carboxylic acids is 1. The summed E-state index contributed by atoms with van der Waals surface area (Å²) < 4.78 is 6.49. The smallest absolute Gasteiger partial charge is 0.412 e. The van der Waals surface area contributed by atoms with E-state index >= 15 is 0 Å². The van der Waals surface area contributed by atoms with E-state index in [0.29, 0.717) is 30.5 Å². The fourth-order valence-electron chi connectivity index (χ4n) is 2.58. The van der Waals surface area contributed by atoms with E-state index in [4.69, 9.17) is 9.84 Å². The Balaban J connectivity index is 2.08. The number of anilines is 1. The van der Waals surface area contributed by atoms with E-state index < -0.39 is 18.2 Å². The van der Waals surface area contributed by atoms with E-state index in [2.05, 4.69) is 27.9 Å². The van der Waals surface area contributed by atoms with Crippen molar-refractivity contribution in [2.75, 3.05) is 5.32 Å². The molecule has 0 saturated heterocycles. The molecule has 0 aliphatic carbocycles. The molecular weight excluding hydrogens is 473 g/mol. The van der Waals surface area contributed by atoms with Gasteiger partial charge in [0, 0.05) is 20.9 Å². The first-order valence-corrected chi connectivity index (χ1v) is 9.85. The number of halogens is 1. The monoisotopic (exact) mass is 495 g/mol. The first-order chi connectivity index (χ1) is 13.3. The summed E-state index contributed by atoms with van der Waals surface area (Å²) >= 11 is 2.13. The van der Waals surface area contributed by atoms with Crippen LogP contribution in [0, 0.1) is 10.5 Å². The summed E-state index contributed by atoms with van der Waals surface area (Å²) in [5, 5.41) is 21.5. The molecule has 2 rings (SSSR count). The number of nitrogens with one attached hydrogen (secondary N) is 1. The Morgan fingerprint density at radius 3 is 2.61 bits per heavy atom. The van der Waals surface area contributed by atoms with Crippen LogP contribution in [0.3, 0.4) is 0 Å². The number of carboxylic acid groups (broad SMARTS) is 1. The van der Waals surface area contributed by atoms with Gasteiger partial charge >= 0.3 is 12.1 Å². The van der Waals surface area contributed by atoms with E-state index in [1.54, 1.807) is 36.4 Å². The second kappa shape index (κ2) is 10.7.